The summed E-state index contributed by atoms with van der Waals surface area (Å²) in [6.45, 7) is 2.67. The van der Waals surface area contributed by atoms with E-state index in [0.29, 0.717) is 17.3 Å². The van der Waals surface area contributed by atoms with Crippen LogP contribution in [0.15, 0.2) is 24.4 Å². The van der Waals surface area contributed by atoms with Gasteiger partial charge in [-0.25, -0.2) is 9.82 Å². The van der Waals surface area contributed by atoms with Gasteiger partial charge in [0.25, 0.3) is 0 Å². The van der Waals surface area contributed by atoms with E-state index in [1.165, 1.54) is 12.3 Å². The third-order valence-electron chi connectivity index (χ3n) is 3.00. The quantitative estimate of drug-likeness (QED) is 0.657. The zero-order chi connectivity index (χ0) is 14.7. The van der Waals surface area contributed by atoms with Crippen molar-refractivity contribution >= 4 is 23.2 Å². The molecule has 0 spiro atoms. The summed E-state index contributed by atoms with van der Waals surface area (Å²) in [5, 5.41) is 4.89. The van der Waals surface area contributed by atoms with Crippen LogP contribution in [0.3, 0.4) is 0 Å². The number of hydrogen-bond donors (Lipinski definition) is 2. The Hall–Kier alpha value is -1.14. The molecule has 0 radical (unpaired) electrons. The van der Waals surface area contributed by atoms with E-state index in [4.69, 9.17) is 29.0 Å². The molecule has 1 heterocycles. The second kappa shape index (κ2) is 6.54. The van der Waals surface area contributed by atoms with Crippen LogP contribution in [0.4, 0.5) is 4.39 Å². The minimum atomic E-state index is -0.662. The molecular formula is C13H15Cl2FN4. The Labute approximate surface area is 126 Å². The topological polar surface area (TPSA) is 55.9 Å². The van der Waals surface area contributed by atoms with Crippen molar-refractivity contribution in [1.82, 2.24) is 15.2 Å². The van der Waals surface area contributed by atoms with E-state index in [2.05, 4.69) is 10.5 Å². The molecule has 3 N–H and O–H groups in total. The van der Waals surface area contributed by atoms with Gasteiger partial charge in [0.05, 0.1) is 23.0 Å². The number of aromatic nitrogens is 2. The smallest absolute Gasteiger partial charge is 0.129 e. The van der Waals surface area contributed by atoms with Crippen molar-refractivity contribution in [2.45, 2.75) is 25.9 Å². The molecule has 0 aliphatic rings. The molecule has 0 saturated heterocycles. The first-order valence-electron chi connectivity index (χ1n) is 6.21. The van der Waals surface area contributed by atoms with Crippen LogP contribution in [-0.4, -0.2) is 9.78 Å². The Morgan fingerprint density at radius 2 is 2.15 bits per heavy atom. The Balaban J connectivity index is 2.55. The highest BCUT2D eigenvalue weighted by Gasteiger charge is 2.25. The van der Waals surface area contributed by atoms with E-state index in [1.54, 1.807) is 16.8 Å². The Bertz CT molecular complexity index is 580. The van der Waals surface area contributed by atoms with Crippen LogP contribution in [0.2, 0.25) is 10.0 Å². The van der Waals surface area contributed by atoms with Gasteiger partial charge in [0, 0.05) is 17.1 Å². The van der Waals surface area contributed by atoms with Crippen LogP contribution in [-0.2, 0) is 6.54 Å². The molecule has 0 saturated carbocycles. The molecule has 0 amide bonds. The zero-order valence-electron chi connectivity index (χ0n) is 10.9. The number of hydrogen-bond acceptors (Lipinski definition) is 3. The van der Waals surface area contributed by atoms with Gasteiger partial charge in [0.2, 0.25) is 0 Å². The monoisotopic (exact) mass is 316 g/mol. The lowest BCUT2D eigenvalue weighted by Crippen LogP contribution is -2.32. The Morgan fingerprint density at radius 3 is 2.75 bits per heavy atom. The standard InChI is InChI=1S/C13H15Cl2FN4/c1-2-6-20-13(9(15)7-18-20)12(19-17)11-8(14)4-3-5-10(11)16/h3-5,7,12,19H,2,6,17H2,1H3. The molecule has 1 unspecified atom stereocenters. The molecule has 108 valence electrons. The molecular weight excluding hydrogens is 302 g/mol. The van der Waals surface area contributed by atoms with Gasteiger partial charge in [0.15, 0.2) is 0 Å². The van der Waals surface area contributed by atoms with Crippen molar-refractivity contribution < 1.29 is 4.39 Å². The molecule has 4 nitrogen and oxygen atoms in total. The first-order valence-corrected chi connectivity index (χ1v) is 6.97. The third-order valence-corrected chi connectivity index (χ3v) is 3.62. The summed E-state index contributed by atoms with van der Waals surface area (Å²) in [6, 6.07) is 3.82. The van der Waals surface area contributed by atoms with Crippen LogP contribution in [0.25, 0.3) is 0 Å². The molecule has 0 fully saturated rings. The summed E-state index contributed by atoms with van der Waals surface area (Å²) in [6.07, 6.45) is 2.39. The maximum Gasteiger partial charge on any atom is 0.129 e. The van der Waals surface area contributed by atoms with Gasteiger partial charge in [-0.2, -0.15) is 5.10 Å². The summed E-state index contributed by atoms with van der Waals surface area (Å²) in [7, 11) is 0. The zero-order valence-corrected chi connectivity index (χ0v) is 12.4. The predicted octanol–water partition coefficient (Wildman–Crippen LogP) is 3.29. The van der Waals surface area contributed by atoms with Crippen molar-refractivity contribution in [3.05, 3.63) is 51.5 Å². The number of nitrogens with zero attached hydrogens (tertiary/aromatic N) is 2. The molecule has 1 aromatic carbocycles. The average Bonchev–Trinajstić information content (AvgIpc) is 2.76. The van der Waals surface area contributed by atoms with E-state index in [1.807, 2.05) is 6.92 Å². The average molecular weight is 317 g/mol. The first-order chi connectivity index (χ1) is 9.60. The first kappa shape index (κ1) is 15.3. The number of hydrazine groups is 1. The van der Waals surface area contributed by atoms with Crippen molar-refractivity contribution in [3.8, 4) is 0 Å². The van der Waals surface area contributed by atoms with Gasteiger partial charge in [-0.15, -0.1) is 0 Å². The van der Waals surface area contributed by atoms with Gasteiger partial charge in [-0.05, 0) is 18.6 Å². The van der Waals surface area contributed by atoms with Crippen molar-refractivity contribution in [3.63, 3.8) is 0 Å². The molecule has 2 rings (SSSR count). The maximum absolute atomic E-state index is 14.1. The fraction of sp³-hybridized carbons (Fsp3) is 0.308. The van der Waals surface area contributed by atoms with Crippen molar-refractivity contribution in [2.24, 2.45) is 5.84 Å². The van der Waals surface area contributed by atoms with Gasteiger partial charge in [-0.1, -0.05) is 36.2 Å². The molecule has 0 aliphatic heterocycles. The molecule has 20 heavy (non-hydrogen) atoms. The van der Waals surface area contributed by atoms with Crippen molar-refractivity contribution in [1.29, 1.82) is 0 Å². The number of nitrogens with two attached hydrogens (primary N) is 1. The summed E-state index contributed by atoms with van der Waals surface area (Å²) in [5.74, 6) is 5.15. The summed E-state index contributed by atoms with van der Waals surface area (Å²) < 4.78 is 15.8. The van der Waals surface area contributed by atoms with E-state index < -0.39 is 11.9 Å². The van der Waals surface area contributed by atoms with Gasteiger partial charge >= 0.3 is 0 Å². The highest BCUT2D eigenvalue weighted by Crippen LogP contribution is 2.33. The largest absolute Gasteiger partial charge is 0.271 e. The van der Waals surface area contributed by atoms with E-state index in [-0.39, 0.29) is 10.6 Å². The summed E-state index contributed by atoms with van der Waals surface area (Å²) >= 11 is 12.3. The van der Waals surface area contributed by atoms with Gasteiger partial charge in [-0.3, -0.25) is 10.5 Å². The normalized spacial score (nSPS) is 12.7. The van der Waals surface area contributed by atoms with Gasteiger partial charge < -0.3 is 0 Å². The molecule has 7 heteroatoms. The number of benzene rings is 1. The molecule has 1 aromatic heterocycles. The van der Waals surface area contributed by atoms with Crippen LogP contribution >= 0.6 is 23.2 Å². The Morgan fingerprint density at radius 1 is 1.40 bits per heavy atom. The molecule has 1 atom stereocenters. The van der Waals surface area contributed by atoms with Crippen LogP contribution in [0.1, 0.15) is 30.6 Å². The lowest BCUT2D eigenvalue weighted by molar-refractivity contribution is 0.502. The fourth-order valence-electron chi connectivity index (χ4n) is 2.13. The fourth-order valence-corrected chi connectivity index (χ4v) is 2.66. The minimum absolute atomic E-state index is 0.261. The minimum Gasteiger partial charge on any atom is -0.271 e. The number of nitrogens with one attached hydrogen (secondary N) is 1. The van der Waals surface area contributed by atoms with Crippen LogP contribution in [0, 0.1) is 5.82 Å². The SMILES string of the molecule is CCCn1ncc(Cl)c1C(NN)c1c(F)cccc1Cl. The second-order valence-corrected chi connectivity index (χ2v) is 5.15. The van der Waals surface area contributed by atoms with E-state index in [0.717, 1.165) is 6.42 Å². The van der Waals surface area contributed by atoms with E-state index >= 15 is 0 Å². The van der Waals surface area contributed by atoms with E-state index in [9.17, 15) is 4.39 Å². The second-order valence-electron chi connectivity index (χ2n) is 4.34. The van der Waals surface area contributed by atoms with Crippen LogP contribution < -0.4 is 11.3 Å². The van der Waals surface area contributed by atoms with Crippen LogP contribution in [0.5, 0.6) is 0 Å². The van der Waals surface area contributed by atoms with Crippen molar-refractivity contribution in [2.75, 3.05) is 0 Å². The predicted molar refractivity (Wildman–Crippen MR) is 78.1 cm³/mol. The number of halogens is 3. The molecule has 0 aliphatic carbocycles. The third kappa shape index (κ3) is 2.81. The summed E-state index contributed by atoms with van der Waals surface area (Å²) in [5.41, 5.74) is 3.43. The lowest BCUT2D eigenvalue weighted by atomic mass is 10.0. The highest BCUT2D eigenvalue weighted by molar-refractivity contribution is 6.32. The highest BCUT2D eigenvalue weighted by atomic mass is 35.5. The summed E-state index contributed by atoms with van der Waals surface area (Å²) in [4.78, 5) is 0. The molecule has 2 aromatic rings. The molecule has 0 bridgehead atoms. The Kier molecular flexibility index (Phi) is 4.99. The number of rotatable bonds is 5. The van der Waals surface area contributed by atoms with Gasteiger partial charge in [0.1, 0.15) is 5.82 Å². The lowest BCUT2D eigenvalue weighted by Gasteiger charge is -2.20. The number of aryl methyl sites for hydroxylation is 1. The maximum atomic E-state index is 14.1.